The highest BCUT2D eigenvalue weighted by Gasteiger charge is 2.31. The highest BCUT2D eigenvalue weighted by Crippen LogP contribution is 2.31. The van der Waals surface area contributed by atoms with Gasteiger partial charge in [0.25, 0.3) is 5.91 Å². The number of nitrogens with one attached hydrogen (secondary N) is 1. The lowest BCUT2D eigenvalue weighted by Crippen LogP contribution is -2.42. The van der Waals surface area contributed by atoms with Gasteiger partial charge in [0.2, 0.25) is 0 Å². The predicted molar refractivity (Wildman–Crippen MR) is 87.1 cm³/mol. The Balaban J connectivity index is 1.92. The Morgan fingerprint density at radius 2 is 1.96 bits per heavy atom. The molecule has 134 valence electrons. The smallest absolute Gasteiger partial charge is 0.416 e. The van der Waals surface area contributed by atoms with E-state index in [0.29, 0.717) is 6.42 Å². The number of nitrogens with zero attached hydrogens (tertiary/aromatic N) is 1. The molecule has 2 rings (SSSR count). The molecule has 1 amide bonds. The molecule has 7 heteroatoms. The van der Waals surface area contributed by atoms with Crippen LogP contribution in [-0.4, -0.2) is 23.0 Å². The van der Waals surface area contributed by atoms with Crippen molar-refractivity contribution in [3.63, 3.8) is 0 Å². The summed E-state index contributed by atoms with van der Waals surface area (Å²) in [6.07, 6.45) is -3.16. The van der Waals surface area contributed by atoms with Crippen LogP contribution in [0.2, 0.25) is 0 Å². The van der Waals surface area contributed by atoms with Crippen molar-refractivity contribution in [2.45, 2.75) is 38.6 Å². The van der Waals surface area contributed by atoms with Crippen molar-refractivity contribution < 1.29 is 22.7 Å². The van der Waals surface area contributed by atoms with E-state index in [1.54, 1.807) is 12.3 Å². The van der Waals surface area contributed by atoms with E-state index < -0.39 is 23.8 Å². The first-order valence-corrected chi connectivity index (χ1v) is 7.80. The Labute approximate surface area is 144 Å². The zero-order chi connectivity index (χ0) is 18.4. The third kappa shape index (κ3) is 5.77. The first-order valence-electron chi connectivity index (χ1n) is 7.80. The number of pyridine rings is 1. The minimum absolute atomic E-state index is 0.00476. The molecule has 0 aliphatic carbocycles. The predicted octanol–water partition coefficient (Wildman–Crippen LogP) is 3.62. The first-order chi connectivity index (χ1) is 11.8. The minimum atomic E-state index is -4.46. The molecule has 0 spiro atoms. The SMILES string of the molecule is C[C@H](Cc1ccccn1)NC(=O)[C@@H](C)Oc1cccc(C(F)(F)F)c1. The Kier molecular flexibility index (Phi) is 6.01. The fourth-order valence-electron chi connectivity index (χ4n) is 2.25. The molecule has 1 N–H and O–H groups in total. The molecule has 0 aliphatic rings. The monoisotopic (exact) mass is 352 g/mol. The van der Waals surface area contributed by atoms with E-state index in [4.69, 9.17) is 4.74 Å². The fourth-order valence-corrected chi connectivity index (χ4v) is 2.25. The zero-order valence-corrected chi connectivity index (χ0v) is 13.9. The first kappa shape index (κ1) is 18.8. The van der Waals surface area contributed by atoms with Crippen LogP contribution in [0.25, 0.3) is 0 Å². The number of benzene rings is 1. The molecule has 0 fully saturated rings. The molecular formula is C18H19F3N2O2. The average Bonchev–Trinajstić information content (AvgIpc) is 2.55. The van der Waals surface area contributed by atoms with Gasteiger partial charge in [-0.3, -0.25) is 9.78 Å². The van der Waals surface area contributed by atoms with E-state index in [1.165, 1.54) is 19.1 Å². The van der Waals surface area contributed by atoms with E-state index >= 15 is 0 Å². The molecular weight excluding hydrogens is 333 g/mol. The number of alkyl halides is 3. The Morgan fingerprint density at radius 1 is 1.20 bits per heavy atom. The van der Waals surface area contributed by atoms with Crippen molar-refractivity contribution in [1.82, 2.24) is 10.3 Å². The van der Waals surface area contributed by atoms with E-state index in [-0.39, 0.29) is 11.8 Å². The average molecular weight is 352 g/mol. The maximum Gasteiger partial charge on any atom is 0.416 e. The number of halogens is 3. The van der Waals surface area contributed by atoms with Gasteiger partial charge in [-0.05, 0) is 44.2 Å². The summed E-state index contributed by atoms with van der Waals surface area (Å²) >= 11 is 0. The van der Waals surface area contributed by atoms with E-state index in [1.807, 2.05) is 19.1 Å². The van der Waals surface area contributed by atoms with Crippen LogP contribution in [0.4, 0.5) is 13.2 Å². The second-order valence-electron chi connectivity index (χ2n) is 5.72. The third-order valence-electron chi connectivity index (χ3n) is 3.47. The van der Waals surface area contributed by atoms with E-state index in [9.17, 15) is 18.0 Å². The molecule has 1 aromatic carbocycles. The molecule has 2 atom stereocenters. The van der Waals surface area contributed by atoms with Gasteiger partial charge in [0.1, 0.15) is 5.75 Å². The van der Waals surface area contributed by atoms with E-state index in [0.717, 1.165) is 17.8 Å². The standard InChI is InChI=1S/C18H19F3N2O2/c1-12(10-15-7-3-4-9-22-15)23-17(24)13(2)25-16-8-5-6-14(11-16)18(19,20)21/h3-9,11-13H,10H2,1-2H3,(H,23,24)/t12-,13-/m1/s1. The summed E-state index contributed by atoms with van der Waals surface area (Å²) in [6, 6.07) is 9.78. The van der Waals surface area contributed by atoms with Gasteiger partial charge in [-0.1, -0.05) is 12.1 Å². The summed E-state index contributed by atoms with van der Waals surface area (Å²) in [5, 5.41) is 2.77. The number of aromatic nitrogens is 1. The molecule has 25 heavy (non-hydrogen) atoms. The van der Waals surface area contributed by atoms with Crippen LogP contribution in [0.15, 0.2) is 48.7 Å². The number of amides is 1. The Hall–Kier alpha value is -2.57. The van der Waals surface area contributed by atoms with E-state index in [2.05, 4.69) is 10.3 Å². The number of carbonyl (C=O) groups excluding carboxylic acids is 1. The Bertz CT molecular complexity index is 705. The summed E-state index contributed by atoms with van der Waals surface area (Å²) in [7, 11) is 0. The molecule has 0 bridgehead atoms. The summed E-state index contributed by atoms with van der Waals surface area (Å²) in [5.41, 5.74) is 0.0166. The maximum absolute atomic E-state index is 12.7. The van der Waals surface area contributed by atoms with Crippen LogP contribution in [0.5, 0.6) is 5.75 Å². The normalized spacial score (nSPS) is 13.8. The summed E-state index contributed by atoms with van der Waals surface area (Å²) in [6.45, 7) is 3.31. The van der Waals surface area contributed by atoms with Crippen molar-refractivity contribution in [2.24, 2.45) is 0 Å². The van der Waals surface area contributed by atoms with Gasteiger partial charge in [-0.25, -0.2) is 0 Å². The molecule has 0 saturated heterocycles. The second kappa shape index (κ2) is 8.00. The van der Waals surface area contributed by atoms with Gasteiger partial charge in [0.05, 0.1) is 5.56 Å². The van der Waals surface area contributed by atoms with Crippen molar-refractivity contribution in [3.8, 4) is 5.75 Å². The lowest BCUT2D eigenvalue weighted by atomic mass is 10.1. The molecule has 1 aromatic heterocycles. The number of ether oxygens (including phenoxy) is 1. The Morgan fingerprint density at radius 3 is 2.60 bits per heavy atom. The second-order valence-corrected chi connectivity index (χ2v) is 5.72. The molecule has 4 nitrogen and oxygen atoms in total. The van der Waals surface area contributed by atoms with Crippen LogP contribution in [0.1, 0.15) is 25.1 Å². The highest BCUT2D eigenvalue weighted by atomic mass is 19.4. The van der Waals surface area contributed by atoms with Crippen molar-refractivity contribution in [1.29, 1.82) is 0 Å². The van der Waals surface area contributed by atoms with Gasteiger partial charge in [0.15, 0.2) is 6.10 Å². The van der Waals surface area contributed by atoms with Gasteiger partial charge in [0, 0.05) is 24.4 Å². The molecule has 0 radical (unpaired) electrons. The quantitative estimate of drug-likeness (QED) is 0.864. The zero-order valence-electron chi connectivity index (χ0n) is 13.9. The number of rotatable bonds is 6. The van der Waals surface area contributed by atoms with Crippen molar-refractivity contribution >= 4 is 5.91 Å². The fraction of sp³-hybridized carbons (Fsp3) is 0.333. The summed E-state index contributed by atoms with van der Waals surface area (Å²) in [4.78, 5) is 16.3. The van der Waals surface area contributed by atoms with Gasteiger partial charge < -0.3 is 10.1 Å². The summed E-state index contributed by atoms with van der Waals surface area (Å²) in [5.74, 6) is -0.407. The molecule has 2 aromatic rings. The van der Waals surface area contributed by atoms with Crippen LogP contribution >= 0.6 is 0 Å². The molecule has 0 aliphatic heterocycles. The largest absolute Gasteiger partial charge is 0.481 e. The minimum Gasteiger partial charge on any atom is -0.481 e. The van der Waals surface area contributed by atoms with Crippen LogP contribution in [-0.2, 0) is 17.4 Å². The van der Waals surface area contributed by atoms with Crippen LogP contribution in [0, 0.1) is 0 Å². The maximum atomic E-state index is 12.7. The van der Waals surface area contributed by atoms with Crippen molar-refractivity contribution in [2.75, 3.05) is 0 Å². The van der Waals surface area contributed by atoms with Crippen LogP contribution in [0.3, 0.4) is 0 Å². The molecule has 1 heterocycles. The lowest BCUT2D eigenvalue weighted by molar-refractivity contribution is -0.137. The highest BCUT2D eigenvalue weighted by molar-refractivity contribution is 5.81. The topological polar surface area (TPSA) is 51.2 Å². The lowest BCUT2D eigenvalue weighted by Gasteiger charge is -2.19. The molecule has 0 unspecified atom stereocenters. The van der Waals surface area contributed by atoms with Crippen molar-refractivity contribution in [3.05, 3.63) is 59.9 Å². The van der Waals surface area contributed by atoms with Gasteiger partial charge >= 0.3 is 6.18 Å². The number of carbonyl (C=O) groups is 1. The summed E-state index contributed by atoms with van der Waals surface area (Å²) < 4.78 is 43.4. The molecule has 0 saturated carbocycles. The number of hydrogen-bond acceptors (Lipinski definition) is 3. The van der Waals surface area contributed by atoms with Gasteiger partial charge in [-0.2, -0.15) is 13.2 Å². The number of hydrogen-bond donors (Lipinski definition) is 1. The third-order valence-corrected chi connectivity index (χ3v) is 3.47. The van der Waals surface area contributed by atoms with Gasteiger partial charge in [-0.15, -0.1) is 0 Å². The van der Waals surface area contributed by atoms with Crippen LogP contribution < -0.4 is 10.1 Å².